The highest BCUT2D eigenvalue weighted by molar-refractivity contribution is 5.33. The summed E-state index contributed by atoms with van der Waals surface area (Å²) in [6.45, 7) is 3.81. The average Bonchev–Trinajstić information content (AvgIpc) is 2.04. The van der Waals surface area contributed by atoms with E-state index in [4.69, 9.17) is 0 Å². The highest BCUT2D eigenvalue weighted by atomic mass is 16.3. The van der Waals surface area contributed by atoms with Crippen molar-refractivity contribution in [3.05, 3.63) is 36.0 Å². The Labute approximate surface area is 67.7 Å². The van der Waals surface area contributed by atoms with Crippen LogP contribution in [0.25, 0.3) is 0 Å². The van der Waals surface area contributed by atoms with Crippen molar-refractivity contribution in [3.8, 4) is 0 Å². The first-order valence-electron chi connectivity index (χ1n) is 3.95. The second-order valence-corrected chi connectivity index (χ2v) is 2.80. The zero-order chi connectivity index (χ0) is 8.27. The quantitative estimate of drug-likeness (QED) is 0.606. The Bertz CT molecular complexity index is 209. The molecule has 1 aliphatic carbocycles. The SMILES string of the molecule is C/C=C1/C=CC=CC1C(C)O. The van der Waals surface area contributed by atoms with Crippen molar-refractivity contribution in [1.29, 1.82) is 0 Å². The van der Waals surface area contributed by atoms with Crippen LogP contribution < -0.4 is 0 Å². The minimum Gasteiger partial charge on any atom is -0.392 e. The smallest absolute Gasteiger partial charge is 0.0615 e. The predicted molar refractivity (Wildman–Crippen MR) is 47.2 cm³/mol. The summed E-state index contributed by atoms with van der Waals surface area (Å²) in [7, 11) is 0. The zero-order valence-corrected chi connectivity index (χ0v) is 6.99. The van der Waals surface area contributed by atoms with E-state index >= 15 is 0 Å². The maximum atomic E-state index is 9.35. The van der Waals surface area contributed by atoms with Crippen LogP contribution >= 0.6 is 0 Å². The van der Waals surface area contributed by atoms with Gasteiger partial charge in [-0.25, -0.2) is 0 Å². The van der Waals surface area contributed by atoms with Crippen LogP contribution in [0.3, 0.4) is 0 Å². The number of allylic oxidation sites excluding steroid dienone is 4. The Balaban J connectivity index is 2.80. The maximum absolute atomic E-state index is 9.35. The molecule has 11 heavy (non-hydrogen) atoms. The Hall–Kier alpha value is -0.820. The molecule has 0 spiro atoms. The van der Waals surface area contributed by atoms with Crippen LogP contribution in [0.1, 0.15) is 13.8 Å². The molecule has 60 valence electrons. The lowest BCUT2D eigenvalue weighted by Gasteiger charge is -2.19. The molecule has 2 unspecified atom stereocenters. The van der Waals surface area contributed by atoms with E-state index in [0.717, 1.165) is 0 Å². The topological polar surface area (TPSA) is 20.2 Å². The van der Waals surface area contributed by atoms with Gasteiger partial charge in [0.2, 0.25) is 0 Å². The summed E-state index contributed by atoms with van der Waals surface area (Å²) in [5, 5.41) is 9.35. The summed E-state index contributed by atoms with van der Waals surface area (Å²) < 4.78 is 0. The third kappa shape index (κ3) is 1.81. The van der Waals surface area contributed by atoms with E-state index in [1.165, 1.54) is 5.57 Å². The summed E-state index contributed by atoms with van der Waals surface area (Å²) >= 11 is 0. The largest absolute Gasteiger partial charge is 0.392 e. The van der Waals surface area contributed by atoms with Gasteiger partial charge in [-0.1, -0.05) is 30.4 Å². The van der Waals surface area contributed by atoms with Crippen LogP contribution in [-0.4, -0.2) is 11.2 Å². The fourth-order valence-electron chi connectivity index (χ4n) is 1.30. The first-order chi connectivity index (χ1) is 5.25. The van der Waals surface area contributed by atoms with Gasteiger partial charge in [0.1, 0.15) is 0 Å². The monoisotopic (exact) mass is 150 g/mol. The van der Waals surface area contributed by atoms with E-state index in [1.807, 2.05) is 44.2 Å². The third-order valence-corrected chi connectivity index (χ3v) is 1.96. The van der Waals surface area contributed by atoms with E-state index in [9.17, 15) is 5.11 Å². The van der Waals surface area contributed by atoms with Crippen LogP contribution in [0, 0.1) is 5.92 Å². The Kier molecular flexibility index (Phi) is 2.66. The summed E-state index contributed by atoms with van der Waals surface area (Å²) in [5.41, 5.74) is 1.20. The van der Waals surface area contributed by atoms with Crippen molar-refractivity contribution in [1.82, 2.24) is 0 Å². The molecule has 1 rings (SSSR count). The van der Waals surface area contributed by atoms with Crippen molar-refractivity contribution in [2.45, 2.75) is 20.0 Å². The first-order valence-corrected chi connectivity index (χ1v) is 3.95. The van der Waals surface area contributed by atoms with Gasteiger partial charge < -0.3 is 5.11 Å². The van der Waals surface area contributed by atoms with Crippen molar-refractivity contribution in [2.24, 2.45) is 5.92 Å². The van der Waals surface area contributed by atoms with Crippen LogP contribution in [0.15, 0.2) is 36.0 Å². The molecule has 2 atom stereocenters. The number of aliphatic hydroxyl groups is 1. The molecular formula is C10H14O. The van der Waals surface area contributed by atoms with Gasteiger partial charge >= 0.3 is 0 Å². The van der Waals surface area contributed by atoms with Crippen molar-refractivity contribution in [2.75, 3.05) is 0 Å². The normalized spacial score (nSPS) is 29.4. The molecule has 0 amide bonds. The van der Waals surface area contributed by atoms with Crippen molar-refractivity contribution in [3.63, 3.8) is 0 Å². The first kappa shape index (κ1) is 8.28. The van der Waals surface area contributed by atoms with Gasteiger partial charge in [0, 0.05) is 5.92 Å². The lowest BCUT2D eigenvalue weighted by Crippen LogP contribution is -2.16. The molecule has 0 saturated heterocycles. The fraction of sp³-hybridized carbons (Fsp3) is 0.400. The van der Waals surface area contributed by atoms with Gasteiger partial charge in [-0.15, -0.1) is 0 Å². The number of hydrogen-bond donors (Lipinski definition) is 1. The van der Waals surface area contributed by atoms with Crippen molar-refractivity contribution >= 4 is 0 Å². The summed E-state index contributed by atoms with van der Waals surface area (Å²) in [6.07, 6.45) is 9.79. The summed E-state index contributed by atoms with van der Waals surface area (Å²) in [5.74, 6) is 0.185. The summed E-state index contributed by atoms with van der Waals surface area (Å²) in [6, 6.07) is 0. The molecule has 0 saturated carbocycles. The van der Waals surface area contributed by atoms with E-state index in [0.29, 0.717) is 0 Å². The van der Waals surface area contributed by atoms with Crippen molar-refractivity contribution < 1.29 is 5.11 Å². The van der Waals surface area contributed by atoms with Gasteiger partial charge in [-0.05, 0) is 19.4 Å². The molecule has 0 fully saturated rings. The molecule has 0 radical (unpaired) electrons. The maximum Gasteiger partial charge on any atom is 0.0615 e. The standard InChI is InChI=1S/C10H14O/c1-3-9-6-4-5-7-10(9)8(2)11/h3-8,10-11H,1-2H3/b9-3-. The number of hydrogen-bond acceptors (Lipinski definition) is 1. The van der Waals surface area contributed by atoms with Gasteiger partial charge in [0.15, 0.2) is 0 Å². The Morgan fingerprint density at radius 1 is 1.55 bits per heavy atom. The summed E-state index contributed by atoms with van der Waals surface area (Å²) in [4.78, 5) is 0. The predicted octanol–water partition coefficient (Wildman–Crippen LogP) is 2.06. The molecule has 0 aliphatic heterocycles. The molecule has 1 N–H and O–H groups in total. The van der Waals surface area contributed by atoms with E-state index in [2.05, 4.69) is 0 Å². The van der Waals surface area contributed by atoms with Gasteiger partial charge in [-0.3, -0.25) is 0 Å². The second-order valence-electron chi connectivity index (χ2n) is 2.80. The highest BCUT2D eigenvalue weighted by Gasteiger charge is 2.15. The van der Waals surface area contributed by atoms with E-state index in [1.54, 1.807) is 0 Å². The molecule has 0 aromatic heterocycles. The van der Waals surface area contributed by atoms with Crippen LogP contribution in [-0.2, 0) is 0 Å². The second kappa shape index (κ2) is 3.54. The van der Waals surface area contributed by atoms with Gasteiger partial charge in [-0.2, -0.15) is 0 Å². The lowest BCUT2D eigenvalue weighted by molar-refractivity contribution is 0.165. The molecular weight excluding hydrogens is 136 g/mol. The van der Waals surface area contributed by atoms with Gasteiger partial charge in [0.05, 0.1) is 6.10 Å². The number of rotatable bonds is 1. The molecule has 0 heterocycles. The minimum absolute atomic E-state index is 0.185. The zero-order valence-electron chi connectivity index (χ0n) is 6.99. The lowest BCUT2D eigenvalue weighted by atomic mass is 9.90. The Morgan fingerprint density at radius 3 is 2.73 bits per heavy atom. The molecule has 1 heteroatoms. The molecule has 0 aromatic carbocycles. The fourth-order valence-corrected chi connectivity index (χ4v) is 1.30. The molecule has 1 nitrogen and oxygen atoms in total. The molecule has 0 bridgehead atoms. The third-order valence-electron chi connectivity index (χ3n) is 1.96. The molecule has 1 aliphatic rings. The van der Waals surface area contributed by atoms with Crippen LogP contribution in [0.2, 0.25) is 0 Å². The van der Waals surface area contributed by atoms with Crippen LogP contribution in [0.4, 0.5) is 0 Å². The highest BCUT2D eigenvalue weighted by Crippen LogP contribution is 2.21. The van der Waals surface area contributed by atoms with Crippen LogP contribution in [0.5, 0.6) is 0 Å². The average molecular weight is 150 g/mol. The Morgan fingerprint density at radius 2 is 2.27 bits per heavy atom. The number of aliphatic hydroxyl groups excluding tert-OH is 1. The van der Waals surface area contributed by atoms with Gasteiger partial charge in [0.25, 0.3) is 0 Å². The van der Waals surface area contributed by atoms with E-state index < -0.39 is 0 Å². The molecule has 0 aromatic rings. The minimum atomic E-state index is -0.289. The van der Waals surface area contributed by atoms with E-state index in [-0.39, 0.29) is 12.0 Å².